The summed E-state index contributed by atoms with van der Waals surface area (Å²) in [6.07, 6.45) is 0.597. The number of amides is 4. The van der Waals surface area contributed by atoms with Crippen LogP contribution in [0.25, 0.3) is 0 Å². The number of carboxylic acid groups (broad SMARTS) is 1. The predicted octanol–water partition coefficient (Wildman–Crippen LogP) is 0.350. The number of hydroxylamine groups is 2. The number of morpholine rings is 3. The van der Waals surface area contributed by atoms with E-state index in [1.165, 1.54) is 47.4 Å². The second-order valence-electron chi connectivity index (χ2n) is 15.3. The molecule has 4 saturated heterocycles. The molecule has 0 bridgehead atoms. The van der Waals surface area contributed by atoms with Gasteiger partial charge in [-0.05, 0) is 30.3 Å². The maximum absolute atomic E-state index is 12.1. The van der Waals surface area contributed by atoms with E-state index in [1.54, 1.807) is 23.1 Å². The minimum atomic E-state index is -1.23. The van der Waals surface area contributed by atoms with E-state index in [1.807, 2.05) is 0 Å². The standard InChI is InChI=1S/C11H8N2O7.C11H12N2O5.C11H14N2O3.C6H5NO3.C5H9NO3.3CO2/c14-8-4-5-9(15)12(8)20-11(17)6-2-1-3-7(10(6)16)13(18)19;14-10-8(2-1-3-9(10)13(16)17)11(15)12-4-6-18-7-5-12;12-9-3-1-2-8(10(9)14)11(15)13-4-6-16-7-5-13;8-6-4-2-1-3-5(6)7(9)10;7-5(8)4-3-9-2-1-6-4;3*2-1-3/h1-3,16H,4-5H2;1-3,14H,4-7H2;1-3,14H,4-7,12H2;1-4,8H;4,6H,1-3H2,(H,7,8);;;. The largest absolute Gasteiger partial charge is 0.505 e. The summed E-state index contributed by atoms with van der Waals surface area (Å²) in [5.41, 5.74) is 4.05. The summed E-state index contributed by atoms with van der Waals surface area (Å²) < 4.78 is 15.2. The number of nitrogen functional groups attached to an aromatic ring is 1. The molecule has 0 saturated carbocycles. The maximum atomic E-state index is 12.1. The zero-order valence-electron chi connectivity index (χ0n) is 42.3. The van der Waals surface area contributed by atoms with E-state index in [4.69, 9.17) is 58.9 Å². The Bertz CT molecular complexity index is 2930. The van der Waals surface area contributed by atoms with Crippen LogP contribution >= 0.6 is 0 Å². The highest BCUT2D eigenvalue weighted by atomic mass is 16.7. The molecule has 0 spiro atoms. The smallest absolute Gasteiger partial charge is 0.373 e. The third kappa shape index (κ3) is 22.6. The van der Waals surface area contributed by atoms with Crippen molar-refractivity contribution in [2.24, 2.45) is 0 Å². The van der Waals surface area contributed by atoms with Crippen LogP contribution in [0, 0.1) is 30.3 Å². The van der Waals surface area contributed by atoms with Crippen molar-refractivity contribution in [3.8, 4) is 23.0 Å². The highest BCUT2D eigenvalue weighted by Crippen LogP contribution is 2.32. The number of carboxylic acids is 1. The molecule has 438 valence electrons. The average molecular weight is 1160 g/mol. The number of nitrogens with zero attached hydrogens (tertiary/aromatic N) is 6. The molecule has 35 nitrogen and oxygen atoms in total. The summed E-state index contributed by atoms with van der Waals surface area (Å²) in [5.74, 6) is -5.97. The lowest BCUT2D eigenvalue weighted by Gasteiger charge is -2.27. The van der Waals surface area contributed by atoms with Crippen LogP contribution in [0.1, 0.15) is 43.9 Å². The lowest BCUT2D eigenvalue weighted by atomic mass is 10.1. The van der Waals surface area contributed by atoms with Crippen molar-refractivity contribution in [1.29, 1.82) is 0 Å². The molecule has 82 heavy (non-hydrogen) atoms. The molecule has 0 aliphatic carbocycles. The van der Waals surface area contributed by atoms with Crippen LogP contribution in [0.15, 0.2) is 78.9 Å². The van der Waals surface area contributed by atoms with E-state index in [0.29, 0.717) is 70.8 Å². The number of hydrogen-bond donors (Lipinski definition) is 7. The number of nitro benzene ring substituents is 3. The van der Waals surface area contributed by atoms with Crippen LogP contribution in [-0.2, 0) is 62.2 Å². The third-order valence-electron chi connectivity index (χ3n) is 10.2. The van der Waals surface area contributed by atoms with Gasteiger partial charge in [0.2, 0.25) is 11.5 Å². The Morgan fingerprint density at radius 2 is 0.963 bits per heavy atom. The summed E-state index contributed by atoms with van der Waals surface area (Å²) in [4.78, 5) is 154. The van der Waals surface area contributed by atoms with Crippen LogP contribution in [0.4, 0.5) is 22.7 Å². The highest BCUT2D eigenvalue weighted by Gasteiger charge is 2.35. The number of rotatable bonds is 8. The summed E-state index contributed by atoms with van der Waals surface area (Å²) in [6.45, 7) is 5.41. The topological polar surface area (TPSA) is 520 Å². The molecule has 1 atom stereocenters. The van der Waals surface area contributed by atoms with E-state index in [2.05, 4.69) is 10.2 Å². The van der Waals surface area contributed by atoms with Crippen LogP contribution in [-0.4, -0.2) is 188 Å². The zero-order chi connectivity index (χ0) is 61.9. The molecule has 4 aromatic carbocycles. The molecule has 8 N–H and O–H groups in total. The van der Waals surface area contributed by atoms with Crippen LogP contribution in [0.3, 0.4) is 0 Å². The number of nitro groups is 3. The fourth-order valence-electron chi connectivity index (χ4n) is 6.43. The number of nitrogens with one attached hydrogen (secondary N) is 1. The number of hydrogen-bond acceptors (Lipinski definition) is 28. The number of phenolic OH excluding ortho intramolecular Hbond substituents is 4. The molecule has 0 radical (unpaired) electrons. The van der Waals surface area contributed by atoms with Gasteiger partial charge < -0.3 is 65.4 Å². The summed E-state index contributed by atoms with van der Waals surface area (Å²) in [5, 5.41) is 80.7. The van der Waals surface area contributed by atoms with Crippen molar-refractivity contribution in [3.05, 3.63) is 126 Å². The van der Waals surface area contributed by atoms with Gasteiger partial charge in [-0.1, -0.05) is 30.3 Å². The second-order valence-corrected chi connectivity index (χ2v) is 15.3. The summed E-state index contributed by atoms with van der Waals surface area (Å²) >= 11 is 0. The Kier molecular flexibility index (Phi) is 31.2. The van der Waals surface area contributed by atoms with Gasteiger partial charge in [0.25, 0.3) is 23.6 Å². The normalized spacial score (nSPS) is 14.5. The van der Waals surface area contributed by atoms with E-state index in [-0.39, 0.29) is 77.8 Å². The van der Waals surface area contributed by atoms with E-state index in [9.17, 15) is 74.4 Å². The first-order valence-corrected chi connectivity index (χ1v) is 22.8. The maximum Gasteiger partial charge on any atom is 0.373 e. The van der Waals surface area contributed by atoms with Gasteiger partial charge in [-0.15, -0.1) is 5.06 Å². The Hall–Kier alpha value is -10.9. The molecule has 1 unspecified atom stereocenters. The number of aromatic hydroxyl groups is 4. The predicted molar refractivity (Wildman–Crippen MR) is 262 cm³/mol. The van der Waals surface area contributed by atoms with Crippen LogP contribution in [0.5, 0.6) is 23.0 Å². The molecule has 35 heteroatoms. The quantitative estimate of drug-likeness (QED) is 0.0411. The van der Waals surface area contributed by atoms with Crippen molar-refractivity contribution in [2.45, 2.75) is 18.9 Å². The molecular weight excluding hydrogens is 1110 g/mol. The van der Waals surface area contributed by atoms with Crippen molar-refractivity contribution in [2.75, 3.05) is 78.1 Å². The van der Waals surface area contributed by atoms with Crippen molar-refractivity contribution < 1.29 is 117 Å². The number of carbonyl (C=O) groups is 6. The first-order valence-electron chi connectivity index (χ1n) is 22.8. The van der Waals surface area contributed by atoms with E-state index < -0.39 is 78.9 Å². The monoisotopic (exact) mass is 1160 g/mol. The third-order valence-corrected chi connectivity index (χ3v) is 10.2. The first kappa shape index (κ1) is 69.1. The number of phenols is 4. The Balaban J connectivity index is 0.000000505. The molecular formula is C47H48N8O27. The number of anilines is 1. The number of ether oxygens (including phenoxy) is 3. The Morgan fingerprint density at radius 3 is 1.34 bits per heavy atom. The van der Waals surface area contributed by atoms with E-state index in [0.717, 1.165) is 18.2 Å². The van der Waals surface area contributed by atoms with Gasteiger partial charge >= 0.3 is 47.5 Å². The van der Waals surface area contributed by atoms with Gasteiger partial charge in [0.15, 0.2) is 11.5 Å². The summed E-state index contributed by atoms with van der Waals surface area (Å²) in [6, 6.07) is 17.0. The molecule has 4 aliphatic rings. The molecule has 8 rings (SSSR count). The lowest BCUT2D eigenvalue weighted by Crippen LogP contribution is -2.46. The van der Waals surface area contributed by atoms with Gasteiger partial charge in [0.1, 0.15) is 11.6 Å². The van der Waals surface area contributed by atoms with Gasteiger partial charge in [0, 0.05) is 63.8 Å². The Morgan fingerprint density at radius 1 is 0.573 bits per heavy atom. The van der Waals surface area contributed by atoms with Gasteiger partial charge in [-0.3, -0.25) is 54.3 Å². The van der Waals surface area contributed by atoms with Crippen molar-refractivity contribution in [1.82, 2.24) is 20.2 Å². The number of aliphatic carboxylic acids is 1. The second kappa shape index (κ2) is 37.0. The fraction of sp³-hybridized carbons (Fsp3) is 0.298. The van der Waals surface area contributed by atoms with E-state index >= 15 is 0 Å². The number of para-hydroxylation sites is 5. The number of benzene rings is 4. The minimum absolute atomic E-state index is 0.0499. The number of imide groups is 1. The van der Waals surface area contributed by atoms with Gasteiger partial charge in [-0.2, -0.15) is 28.8 Å². The molecule has 4 fully saturated rings. The molecule has 0 aromatic heterocycles. The first-order chi connectivity index (χ1) is 39.0. The molecule has 4 amide bonds. The Labute approximate surface area is 458 Å². The van der Waals surface area contributed by atoms with Crippen LogP contribution < -0.4 is 11.1 Å². The minimum Gasteiger partial charge on any atom is -0.505 e. The average Bonchev–Trinajstić information content (AvgIpc) is 3.82. The summed E-state index contributed by atoms with van der Waals surface area (Å²) in [7, 11) is 0. The zero-order valence-corrected chi connectivity index (χ0v) is 42.3. The molecule has 4 aromatic rings. The van der Waals surface area contributed by atoms with Gasteiger partial charge in [-0.25, -0.2) is 4.79 Å². The number of nitrogens with two attached hydrogens (primary N) is 1. The highest BCUT2D eigenvalue weighted by molar-refractivity contribution is 6.03. The molecule has 4 heterocycles. The lowest BCUT2D eigenvalue weighted by molar-refractivity contribution is -0.386. The SMILES string of the molecule is Nc1cccc(C(=O)N2CCOCC2)c1O.O=C(O)C1COCCN1.O=C(ON1C(=O)CCC1=O)c1cccc([N+](=O)[O-])c1O.O=C(c1cccc([N+](=O)[O-])c1O)N1CCOCC1.O=C=O.O=C=O.O=C=O.O=[N+]([O-])c1ccccc1O. The van der Waals surface area contributed by atoms with Crippen molar-refractivity contribution >= 4 is 76.8 Å². The van der Waals surface area contributed by atoms with Crippen molar-refractivity contribution in [3.63, 3.8) is 0 Å². The fourth-order valence-corrected chi connectivity index (χ4v) is 6.43. The van der Waals surface area contributed by atoms with Gasteiger partial charge in [0.05, 0.1) is 71.2 Å². The number of carbonyl (C=O) groups excluding carboxylic acids is 11. The van der Waals surface area contributed by atoms with Crippen LogP contribution in [0.2, 0.25) is 0 Å². The molecule has 4 aliphatic heterocycles.